The van der Waals surface area contributed by atoms with Gasteiger partial charge in [0.1, 0.15) is 4.90 Å². The molecule has 1 saturated heterocycles. The maximum atomic E-state index is 12.6. The number of aromatic nitrogens is 2. The quantitative estimate of drug-likeness (QED) is 0.824. The van der Waals surface area contributed by atoms with Gasteiger partial charge in [0.05, 0.1) is 11.4 Å². The van der Waals surface area contributed by atoms with Gasteiger partial charge < -0.3 is 5.32 Å². The van der Waals surface area contributed by atoms with E-state index in [1.54, 1.807) is 29.9 Å². The van der Waals surface area contributed by atoms with Gasteiger partial charge in [0, 0.05) is 26.7 Å². The molecule has 0 amide bonds. The summed E-state index contributed by atoms with van der Waals surface area (Å²) in [6, 6.07) is 0. The average Bonchev–Trinajstić information content (AvgIpc) is 2.51. The summed E-state index contributed by atoms with van der Waals surface area (Å²) >= 11 is 0. The normalized spacial score (nSPS) is 18.8. The lowest BCUT2D eigenvalue weighted by atomic mass is 10.4. The van der Waals surface area contributed by atoms with Crippen LogP contribution in [-0.4, -0.2) is 48.7 Å². The zero-order chi connectivity index (χ0) is 13.3. The Hall–Kier alpha value is -0.920. The number of aryl methyl sites for hydroxylation is 2. The lowest BCUT2D eigenvalue weighted by Gasteiger charge is -2.19. The molecule has 1 aliphatic rings. The number of hydrogen-bond acceptors (Lipinski definition) is 4. The molecule has 1 N–H and O–H groups in total. The highest BCUT2D eigenvalue weighted by atomic mass is 32.2. The third-order valence-electron chi connectivity index (χ3n) is 3.34. The fourth-order valence-corrected chi connectivity index (χ4v) is 4.20. The molecule has 0 aliphatic carbocycles. The monoisotopic (exact) mass is 272 g/mol. The summed E-state index contributed by atoms with van der Waals surface area (Å²) in [7, 11) is -1.65. The predicted molar refractivity (Wildman–Crippen MR) is 68.9 cm³/mol. The highest BCUT2D eigenvalue weighted by Gasteiger charge is 2.30. The van der Waals surface area contributed by atoms with Crippen molar-refractivity contribution in [2.75, 3.05) is 26.2 Å². The first-order chi connectivity index (χ1) is 8.44. The molecule has 1 aromatic heterocycles. The first kappa shape index (κ1) is 13.5. The highest BCUT2D eigenvalue weighted by Crippen LogP contribution is 2.23. The van der Waals surface area contributed by atoms with Crippen molar-refractivity contribution in [3.8, 4) is 0 Å². The molecule has 0 radical (unpaired) electrons. The molecule has 6 nitrogen and oxygen atoms in total. The number of sulfonamides is 1. The zero-order valence-electron chi connectivity index (χ0n) is 11.1. The summed E-state index contributed by atoms with van der Waals surface area (Å²) in [5.74, 6) is 0. The topological polar surface area (TPSA) is 67.2 Å². The van der Waals surface area contributed by atoms with Gasteiger partial charge in [0.15, 0.2) is 0 Å². The minimum absolute atomic E-state index is 0.368. The summed E-state index contributed by atoms with van der Waals surface area (Å²) in [4.78, 5) is 0.368. The number of nitrogens with zero attached hydrogens (tertiary/aromatic N) is 3. The molecular formula is C11H20N4O2S. The maximum Gasteiger partial charge on any atom is 0.246 e. The van der Waals surface area contributed by atoms with Crippen molar-refractivity contribution in [1.82, 2.24) is 19.4 Å². The van der Waals surface area contributed by atoms with Gasteiger partial charge in [-0.15, -0.1) is 0 Å². The first-order valence-electron chi connectivity index (χ1n) is 6.15. The van der Waals surface area contributed by atoms with Crippen LogP contribution in [0.15, 0.2) is 4.90 Å². The average molecular weight is 272 g/mol. The molecule has 0 atom stereocenters. The molecule has 1 aliphatic heterocycles. The van der Waals surface area contributed by atoms with Crippen LogP contribution in [0.25, 0.3) is 0 Å². The molecule has 18 heavy (non-hydrogen) atoms. The van der Waals surface area contributed by atoms with Crippen LogP contribution in [0.1, 0.15) is 17.8 Å². The summed E-state index contributed by atoms with van der Waals surface area (Å²) in [6.45, 7) is 6.22. The number of hydrogen-bond donors (Lipinski definition) is 1. The zero-order valence-corrected chi connectivity index (χ0v) is 11.9. The Labute approximate surface area is 108 Å². The third kappa shape index (κ3) is 2.30. The molecule has 0 spiro atoms. The van der Waals surface area contributed by atoms with Gasteiger partial charge in [-0.25, -0.2) is 8.42 Å². The van der Waals surface area contributed by atoms with E-state index in [0.29, 0.717) is 35.9 Å². The largest absolute Gasteiger partial charge is 0.315 e. The molecule has 0 saturated carbocycles. The lowest BCUT2D eigenvalue weighted by molar-refractivity contribution is 0.431. The second-order valence-electron chi connectivity index (χ2n) is 4.63. The Balaban J connectivity index is 2.40. The van der Waals surface area contributed by atoms with Crippen LogP contribution in [0.3, 0.4) is 0 Å². The number of nitrogens with one attached hydrogen (secondary N) is 1. The van der Waals surface area contributed by atoms with Crippen molar-refractivity contribution in [1.29, 1.82) is 0 Å². The van der Waals surface area contributed by atoms with Crippen LogP contribution in [0.2, 0.25) is 0 Å². The minimum atomic E-state index is -3.42. The van der Waals surface area contributed by atoms with Crippen molar-refractivity contribution in [3.05, 3.63) is 11.4 Å². The van der Waals surface area contributed by atoms with Crippen molar-refractivity contribution in [2.45, 2.75) is 25.2 Å². The van der Waals surface area contributed by atoms with Crippen LogP contribution in [0.4, 0.5) is 0 Å². The van der Waals surface area contributed by atoms with E-state index >= 15 is 0 Å². The molecule has 0 bridgehead atoms. The van der Waals surface area contributed by atoms with Crippen molar-refractivity contribution < 1.29 is 8.42 Å². The van der Waals surface area contributed by atoms with Gasteiger partial charge in [-0.2, -0.15) is 9.40 Å². The van der Waals surface area contributed by atoms with Gasteiger partial charge in [0.2, 0.25) is 10.0 Å². The maximum absolute atomic E-state index is 12.6. The van der Waals surface area contributed by atoms with Gasteiger partial charge in [0.25, 0.3) is 0 Å². The van der Waals surface area contributed by atoms with Gasteiger partial charge in [-0.05, 0) is 26.8 Å². The second-order valence-corrected chi connectivity index (χ2v) is 6.51. The van der Waals surface area contributed by atoms with Crippen LogP contribution >= 0.6 is 0 Å². The Morgan fingerprint density at radius 2 is 1.94 bits per heavy atom. The van der Waals surface area contributed by atoms with E-state index < -0.39 is 10.0 Å². The third-order valence-corrected chi connectivity index (χ3v) is 5.49. The van der Waals surface area contributed by atoms with Crippen LogP contribution in [0, 0.1) is 13.8 Å². The predicted octanol–water partition coefficient (Wildman–Crippen LogP) is 0.0209. The molecule has 1 aromatic rings. The summed E-state index contributed by atoms with van der Waals surface area (Å²) in [5, 5.41) is 7.40. The molecule has 1 fully saturated rings. The summed E-state index contributed by atoms with van der Waals surface area (Å²) < 4.78 is 28.5. The van der Waals surface area contributed by atoms with E-state index in [2.05, 4.69) is 10.4 Å². The van der Waals surface area contributed by atoms with Crippen LogP contribution < -0.4 is 5.32 Å². The van der Waals surface area contributed by atoms with Crippen molar-refractivity contribution >= 4 is 10.0 Å². The molecule has 0 aromatic carbocycles. The Morgan fingerprint density at radius 3 is 2.56 bits per heavy atom. The SMILES string of the molecule is Cc1nn(C)c(C)c1S(=O)(=O)N1CCCNCC1. The van der Waals surface area contributed by atoms with E-state index in [-0.39, 0.29) is 0 Å². The fraction of sp³-hybridized carbons (Fsp3) is 0.727. The van der Waals surface area contributed by atoms with E-state index in [9.17, 15) is 8.42 Å². The van der Waals surface area contributed by atoms with E-state index in [1.807, 2.05) is 0 Å². The van der Waals surface area contributed by atoms with Gasteiger partial charge >= 0.3 is 0 Å². The van der Waals surface area contributed by atoms with E-state index in [0.717, 1.165) is 13.0 Å². The molecule has 2 heterocycles. The van der Waals surface area contributed by atoms with Gasteiger partial charge in [-0.3, -0.25) is 4.68 Å². The van der Waals surface area contributed by atoms with Crippen molar-refractivity contribution in [2.24, 2.45) is 7.05 Å². The second kappa shape index (κ2) is 4.99. The summed E-state index contributed by atoms with van der Waals surface area (Å²) in [5.41, 5.74) is 1.27. The van der Waals surface area contributed by atoms with Gasteiger partial charge in [-0.1, -0.05) is 0 Å². The first-order valence-corrected chi connectivity index (χ1v) is 7.59. The fourth-order valence-electron chi connectivity index (χ4n) is 2.32. The molecular weight excluding hydrogens is 252 g/mol. The molecule has 2 rings (SSSR count). The summed E-state index contributed by atoms with van der Waals surface area (Å²) in [6.07, 6.45) is 0.845. The smallest absolute Gasteiger partial charge is 0.246 e. The van der Waals surface area contributed by atoms with Crippen molar-refractivity contribution in [3.63, 3.8) is 0 Å². The highest BCUT2D eigenvalue weighted by molar-refractivity contribution is 7.89. The van der Waals surface area contributed by atoms with Crippen LogP contribution in [-0.2, 0) is 17.1 Å². The Morgan fingerprint density at radius 1 is 1.22 bits per heavy atom. The number of rotatable bonds is 2. The van der Waals surface area contributed by atoms with E-state index in [4.69, 9.17) is 0 Å². The molecule has 0 unspecified atom stereocenters. The lowest BCUT2D eigenvalue weighted by Crippen LogP contribution is -2.34. The minimum Gasteiger partial charge on any atom is -0.315 e. The van der Waals surface area contributed by atoms with Crippen LogP contribution in [0.5, 0.6) is 0 Å². The Kier molecular flexibility index (Phi) is 3.74. The molecule has 7 heteroatoms. The Bertz CT molecular complexity index is 527. The molecule has 102 valence electrons. The van der Waals surface area contributed by atoms with E-state index in [1.165, 1.54) is 0 Å². The standard InChI is InChI=1S/C11H20N4O2S/c1-9-11(10(2)14(3)13-9)18(16,17)15-7-4-5-12-6-8-15/h12H,4-8H2,1-3H3.